The number of anilines is 3. The van der Waals surface area contributed by atoms with Crippen LogP contribution in [-0.2, 0) is 11.2 Å². The van der Waals surface area contributed by atoms with Gasteiger partial charge in [0.25, 0.3) is 0 Å². The lowest BCUT2D eigenvalue weighted by molar-refractivity contribution is 0.210. The molecule has 0 radical (unpaired) electrons. The van der Waals surface area contributed by atoms with E-state index in [0.29, 0.717) is 12.6 Å². The molecule has 112 valence electrons. The van der Waals surface area contributed by atoms with Crippen LogP contribution in [0.4, 0.5) is 17.5 Å². The summed E-state index contributed by atoms with van der Waals surface area (Å²) in [7, 11) is 1.68. The van der Waals surface area contributed by atoms with E-state index in [2.05, 4.69) is 39.7 Å². The summed E-state index contributed by atoms with van der Waals surface area (Å²) in [4.78, 5) is 8.86. The first-order valence-electron chi connectivity index (χ1n) is 7.15. The normalized spacial score (nSPS) is 10.4. The van der Waals surface area contributed by atoms with E-state index in [-0.39, 0.29) is 0 Å². The van der Waals surface area contributed by atoms with E-state index in [1.807, 2.05) is 25.1 Å². The first kappa shape index (κ1) is 15.3. The van der Waals surface area contributed by atoms with Gasteiger partial charge >= 0.3 is 0 Å². The summed E-state index contributed by atoms with van der Waals surface area (Å²) in [5.41, 5.74) is 3.21. The molecule has 0 fully saturated rings. The maximum atomic E-state index is 5.02. The molecule has 2 N–H and O–H groups in total. The second kappa shape index (κ2) is 7.59. The molecule has 0 saturated heterocycles. The number of hydrogen-bond acceptors (Lipinski definition) is 5. The Balaban J connectivity index is 2.07. The second-order valence-electron chi connectivity index (χ2n) is 4.81. The molecule has 0 amide bonds. The van der Waals surface area contributed by atoms with Crippen LogP contribution in [-0.4, -0.2) is 30.2 Å². The number of aromatic nitrogens is 2. The molecular formula is C16H22N4O. The number of methoxy groups -OCH3 is 1. The molecule has 21 heavy (non-hydrogen) atoms. The van der Waals surface area contributed by atoms with Gasteiger partial charge in [-0.1, -0.05) is 19.1 Å². The van der Waals surface area contributed by atoms with Crippen molar-refractivity contribution in [3.05, 3.63) is 41.6 Å². The Morgan fingerprint density at radius 1 is 1.14 bits per heavy atom. The zero-order valence-corrected chi connectivity index (χ0v) is 12.8. The lowest BCUT2D eigenvalue weighted by Crippen LogP contribution is -2.10. The molecule has 0 unspecified atom stereocenters. The number of ether oxygens (including phenoxy) is 1. The lowest BCUT2D eigenvalue weighted by Gasteiger charge is -2.10. The highest BCUT2D eigenvalue weighted by Crippen LogP contribution is 2.16. The van der Waals surface area contributed by atoms with Crippen molar-refractivity contribution in [1.82, 2.24) is 9.97 Å². The van der Waals surface area contributed by atoms with Crippen molar-refractivity contribution >= 4 is 17.5 Å². The topological polar surface area (TPSA) is 59.1 Å². The standard InChI is InChI=1S/C16H22N4O/c1-4-13-5-7-14(8-6-13)19-16-18-12(2)11-15(20-16)17-9-10-21-3/h5-8,11H,4,9-10H2,1-3H3,(H2,17,18,19,20). The number of hydrogen-bond donors (Lipinski definition) is 2. The van der Waals surface area contributed by atoms with E-state index in [9.17, 15) is 0 Å². The van der Waals surface area contributed by atoms with Crippen molar-refractivity contribution in [3.63, 3.8) is 0 Å². The Bertz CT molecular complexity index is 569. The summed E-state index contributed by atoms with van der Waals surface area (Å²) < 4.78 is 5.02. The van der Waals surface area contributed by atoms with Crippen molar-refractivity contribution in [2.45, 2.75) is 20.3 Å². The van der Waals surface area contributed by atoms with Gasteiger partial charge in [-0.25, -0.2) is 4.98 Å². The predicted octanol–water partition coefficient (Wildman–Crippen LogP) is 3.15. The molecule has 2 rings (SSSR count). The average molecular weight is 286 g/mol. The summed E-state index contributed by atoms with van der Waals surface area (Å²) >= 11 is 0. The predicted molar refractivity (Wildman–Crippen MR) is 86.2 cm³/mol. The van der Waals surface area contributed by atoms with Crippen molar-refractivity contribution in [2.24, 2.45) is 0 Å². The van der Waals surface area contributed by atoms with Crippen LogP contribution in [0.3, 0.4) is 0 Å². The maximum absolute atomic E-state index is 5.02. The quantitative estimate of drug-likeness (QED) is 0.766. The second-order valence-corrected chi connectivity index (χ2v) is 4.81. The van der Waals surface area contributed by atoms with Gasteiger partial charge in [-0.2, -0.15) is 4.98 Å². The fraction of sp³-hybridized carbons (Fsp3) is 0.375. The van der Waals surface area contributed by atoms with Crippen molar-refractivity contribution in [2.75, 3.05) is 30.9 Å². The van der Waals surface area contributed by atoms with Crippen LogP contribution in [0, 0.1) is 6.92 Å². The largest absolute Gasteiger partial charge is 0.383 e. The highest BCUT2D eigenvalue weighted by molar-refractivity contribution is 5.55. The van der Waals surface area contributed by atoms with Gasteiger partial charge in [-0.15, -0.1) is 0 Å². The molecule has 1 heterocycles. The molecule has 0 aliphatic rings. The molecule has 1 aromatic heterocycles. The van der Waals surface area contributed by atoms with E-state index in [0.717, 1.165) is 30.2 Å². The van der Waals surface area contributed by atoms with E-state index < -0.39 is 0 Å². The van der Waals surface area contributed by atoms with Crippen molar-refractivity contribution < 1.29 is 4.74 Å². The number of rotatable bonds is 7. The van der Waals surface area contributed by atoms with Crippen LogP contribution >= 0.6 is 0 Å². The SMILES string of the molecule is CCc1ccc(Nc2nc(C)cc(NCCOC)n2)cc1. The Labute approximate surface area is 125 Å². The molecule has 1 aromatic carbocycles. The molecule has 0 atom stereocenters. The molecule has 0 saturated carbocycles. The molecule has 5 heteroatoms. The van der Waals surface area contributed by atoms with Crippen LogP contribution in [0.5, 0.6) is 0 Å². The molecule has 0 aliphatic carbocycles. The smallest absolute Gasteiger partial charge is 0.229 e. The van der Waals surface area contributed by atoms with Crippen molar-refractivity contribution in [1.29, 1.82) is 0 Å². The fourth-order valence-corrected chi connectivity index (χ4v) is 1.95. The lowest BCUT2D eigenvalue weighted by atomic mass is 10.1. The summed E-state index contributed by atoms with van der Waals surface area (Å²) in [6.07, 6.45) is 1.04. The summed E-state index contributed by atoms with van der Waals surface area (Å²) in [5.74, 6) is 1.39. The molecule has 5 nitrogen and oxygen atoms in total. The third-order valence-corrected chi connectivity index (χ3v) is 3.08. The molecule has 0 aliphatic heterocycles. The van der Waals surface area contributed by atoms with Crippen LogP contribution in [0.2, 0.25) is 0 Å². The number of aryl methyl sites for hydroxylation is 2. The Hall–Kier alpha value is -2.14. The third-order valence-electron chi connectivity index (χ3n) is 3.08. The van der Waals surface area contributed by atoms with Gasteiger partial charge in [0.15, 0.2) is 0 Å². The van der Waals surface area contributed by atoms with Gasteiger partial charge in [-0.05, 0) is 31.0 Å². The molecule has 2 aromatic rings. The minimum Gasteiger partial charge on any atom is -0.383 e. The minimum atomic E-state index is 0.596. The Morgan fingerprint density at radius 3 is 2.57 bits per heavy atom. The van der Waals surface area contributed by atoms with Gasteiger partial charge in [0, 0.05) is 31.1 Å². The van der Waals surface area contributed by atoms with Gasteiger partial charge in [-0.3, -0.25) is 0 Å². The van der Waals surface area contributed by atoms with E-state index in [4.69, 9.17) is 4.74 Å². The van der Waals surface area contributed by atoms with Gasteiger partial charge in [0.2, 0.25) is 5.95 Å². The van der Waals surface area contributed by atoms with E-state index in [1.165, 1.54) is 5.56 Å². The minimum absolute atomic E-state index is 0.596. The summed E-state index contributed by atoms with van der Waals surface area (Å²) in [6, 6.07) is 10.2. The zero-order valence-electron chi connectivity index (χ0n) is 12.8. The first-order valence-corrected chi connectivity index (χ1v) is 7.15. The summed E-state index contributed by atoms with van der Waals surface area (Å²) in [5, 5.41) is 6.45. The van der Waals surface area contributed by atoms with Gasteiger partial charge in [0.05, 0.1) is 6.61 Å². The van der Waals surface area contributed by atoms with Crippen LogP contribution in [0.15, 0.2) is 30.3 Å². The van der Waals surface area contributed by atoms with Gasteiger partial charge < -0.3 is 15.4 Å². The molecule has 0 spiro atoms. The Kier molecular flexibility index (Phi) is 5.51. The average Bonchev–Trinajstić information content (AvgIpc) is 2.48. The van der Waals surface area contributed by atoms with Crippen LogP contribution < -0.4 is 10.6 Å². The van der Waals surface area contributed by atoms with Gasteiger partial charge in [0.1, 0.15) is 5.82 Å². The maximum Gasteiger partial charge on any atom is 0.229 e. The number of benzene rings is 1. The van der Waals surface area contributed by atoms with Crippen LogP contribution in [0.25, 0.3) is 0 Å². The first-order chi connectivity index (χ1) is 10.2. The zero-order chi connectivity index (χ0) is 15.1. The third kappa shape index (κ3) is 4.72. The fourth-order valence-electron chi connectivity index (χ4n) is 1.95. The number of nitrogens with zero attached hydrogens (tertiary/aromatic N) is 2. The van der Waals surface area contributed by atoms with E-state index in [1.54, 1.807) is 7.11 Å². The number of nitrogens with one attached hydrogen (secondary N) is 2. The van der Waals surface area contributed by atoms with E-state index >= 15 is 0 Å². The molecule has 0 bridgehead atoms. The monoisotopic (exact) mass is 286 g/mol. The van der Waals surface area contributed by atoms with Crippen LogP contribution in [0.1, 0.15) is 18.2 Å². The van der Waals surface area contributed by atoms with Crippen molar-refractivity contribution in [3.8, 4) is 0 Å². The highest BCUT2D eigenvalue weighted by atomic mass is 16.5. The summed E-state index contributed by atoms with van der Waals surface area (Å²) in [6.45, 7) is 5.46. The Morgan fingerprint density at radius 2 is 1.90 bits per heavy atom. The highest BCUT2D eigenvalue weighted by Gasteiger charge is 2.03. The molecular weight excluding hydrogens is 264 g/mol.